The van der Waals surface area contributed by atoms with Crippen LogP contribution in [0.15, 0.2) is 54.6 Å². The SMILES string of the molecule is COc1ccc(Nc2nc(NC(C)(C)C)cc(-c3ccccc3)n2)cc1OC. The number of hydrogen-bond donors (Lipinski definition) is 2. The molecule has 2 aromatic carbocycles. The van der Waals surface area contributed by atoms with E-state index in [0.717, 1.165) is 22.8 Å². The monoisotopic (exact) mass is 378 g/mol. The Morgan fingerprint density at radius 2 is 1.54 bits per heavy atom. The van der Waals surface area contributed by atoms with Crippen LogP contribution >= 0.6 is 0 Å². The molecule has 0 atom stereocenters. The van der Waals surface area contributed by atoms with Gasteiger partial charge in [-0.05, 0) is 32.9 Å². The Balaban J connectivity index is 1.98. The minimum absolute atomic E-state index is 0.122. The molecular formula is C22H26N4O2. The van der Waals surface area contributed by atoms with Crippen molar-refractivity contribution in [2.24, 2.45) is 0 Å². The summed E-state index contributed by atoms with van der Waals surface area (Å²) in [7, 11) is 3.22. The summed E-state index contributed by atoms with van der Waals surface area (Å²) in [6, 6.07) is 17.6. The van der Waals surface area contributed by atoms with E-state index >= 15 is 0 Å². The summed E-state index contributed by atoms with van der Waals surface area (Å²) in [4.78, 5) is 9.32. The van der Waals surface area contributed by atoms with Gasteiger partial charge in [-0.2, -0.15) is 4.98 Å². The minimum atomic E-state index is -0.122. The van der Waals surface area contributed by atoms with Gasteiger partial charge < -0.3 is 20.1 Å². The maximum absolute atomic E-state index is 5.38. The quantitative estimate of drug-likeness (QED) is 0.621. The Kier molecular flexibility index (Phi) is 5.68. The van der Waals surface area contributed by atoms with Crippen LogP contribution in [0.2, 0.25) is 0 Å². The van der Waals surface area contributed by atoms with Crippen LogP contribution in [0.4, 0.5) is 17.5 Å². The van der Waals surface area contributed by atoms with Gasteiger partial charge in [-0.15, -0.1) is 0 Å². The van der Waals surface area contributed by atoms with Crippen molar-refractivity contribution in [2.75, 3.05) is 24.9 Å². The van der Waals surface area contributed by atoms with Crippen molar-refractivity contribution in [3.05, 3.63) is 54.6 Å². The zero-order chi connectivity index (χ0) is 20.1. The van der Waals surface area contributed by atoms with E-state index in [9.17, 15) is 0 Å². The molecule has 1 aromatic heterocycles. The van der Waals surface area contributed by atoms with Gasteiger partial charge in [0.25, 0.3) is 0 Å². The molecule has 0 aliphatic heterocycles. The summed E-state index contributed by atoms with van der Waals surface area (Å²) in [5.74, 6) is 2.56. The van der Waals surface area contributed by atoms with Crippen molar-refractivity contribution in [3.63, 3.8) is 0 Å². The van der Waals surface area contributed by atoms with Crippen LogP contribution in [0.1, 0.15) is 20.8 Å². The number of rotatable bonds is 6. The molecule has 0 unspecified atom stereocenters. The van der Waals surface area contributed by atoms with Crippen molar-refractivity contribution >= 4 is 17.5 Å². The highest BCUT2D eigenvalue weighted by molar-refractivity contribution is 5.67. The molecule has 0 bridgehead atoms. The topological polar surface area (TPSA) is 68.3 Å². The van der Waals surface area contributed by atoms with E-state index in [1.807, 2.05) is 54.6 Å². The first-order chi connectivity index (χ1) is 13.4. The maximum Gasteiger partial charge on any atom is 0.229 e. The molecule has 28 heavy (non-hydrogen) atoms. The zero-order valence-corrected chi connectivity index (χ0v) is 16.9. The summed E-state index contributed by atoms with van der Waals surface area (Å²) in [6.07, 6.45) is 0. The number of anilines is 3. The molecule has 0 radical (unpaired) electrons. The Hall–Kier alpha value is -3.28. The Morgan fingerprint density at radius 3 is 2.18 bits per heavy atom. The molecule has 0 saturated carbocycles. The highest BCUT2D eigenvalue weighted by Crippen LogP contribution is 2.31. The predicted octanol–water partition coefficient (Wildman–Crippen LogP) is 5.11. The van der Waals surface area contributed by atoms with E-state index in [4.69, 9.17) is 14.5 Å². The third-order valence-electron chi connectivity index (χ3n) is 3.94. The average molecular weight is 378 g/mol. The molecule has 6 heteroatoms. The van der Waals surface area contributed by atoms with Crippen molar-refractivity contribution in [1.82, 2.24) is 9.97 Å². The Bertz CT molecular complexity index is 937. The van der Waals surface area contributed by atoms with Crippen molar-refractivity contribution < 1.29 is 9.47 Å². The van der Waals surface area contributed by atoms with E-state index in [0.29, 0.717) is 17.4 Å². The molecule has 3 aromatic rings. The Morgan fingerprint density at radius 1 is 0.821 bits per heavy atom. The minimum Gasteiger partial charge on any atom is -0.493 e. The predicted molar refractivity (Wildman–Crippen MR) is 114 cm³/mol. The number of aromatic nitrogens is 2. The molecule has 0 fully saturated rings. The van der Waals surface area contributed by atoms with Crippen LogP contribution in [-0.4, -0.2) is 29.7 Å². The van der Waals surface area contributed by atoms with E-state index in [1.165, 1.54) is 0 Å². The van der Waals surface area contributed by atoms with Gasteiger partial charge in [0.2, 0.25) is 5.95 Å². The summed E-state index contributed by atoms with van der Waals surface area (Å²) < 4.78 is 10.7. The third kappa shape index (κ3) is 4.91. The van der Waals surface area contributed by atoms with Crippen molar-refractivity contribution in [1.29, 1.82) is 0 Å². The van der Waals surface area contributed by atoms with Crippen LogP contribution in [0.25, 0.3) is 11.3 Å². The fourth-order valence-electron chi connectivity index (χ4n) is 2.75. The van der Waals surface area contributed by atoms with Crippen LogP contribution in [0.5, 0.6) is 11.5 Å². The number of ether oxygens (including phenoxy) is 2. The highest BCUT2D eigenvalue weighted by atomic mass is 16.5. The second-order valence-electron chi connectivity index (χ2n) is 7.40. The van der Waals surface area contributed by atoms with Crippen LogP contribution in [0.3, 0.4) is 0 Å². The second-order valence-corrected chi connectivity index (χ2v) is 7.40. The Labute approximate surface area is 166 Å². The van der Waals surface area contributed by atoms with Crippen LogP contribution in [-0.2, 0) is 0 Å². The molecular weight excluding hydrogens is 352 g/mol. The second kappa shape index (κ2) is 8.17. The summed E-state index contributed by atoms with van der Waals surface area (Å²) in [5.41, 5.74) is 2.55. The number of nitrogens with one attached hydrogen (secondary N) is 2. The van der Waals surface area contributed by atoms with Crippen molar-refractivity contribution in [3.8, 4) is 22.8 Å². The van der Waals surface area contributed by atoms with Gasteiger partial charge in [0.15, 0.2) is 11.5 Å². The van der Waals surface area contributed by atoms with Gasteiger partial charge >= 0.3 is 0 Å². The normalized spacial score (nSPS) is 11.0. The number of nitrogens with zero attached hydrogens (tertiary/aromatic N) is 2. The van der Waals surface area contributed by atoms with Crippen LogP contribution in [0, 0.1) is 0 Å². The summed E-state index contributed by atoms with van der Waals surface area (Å²) in [5, 5.41) is 6.69. The molecule has 0 amide bonds. The van der Waals surface area contributed by atoms with E-state index in [2.05, 4.69) is 36.4 Å². The van der Waals surface area contributed by atoms with Gasteiger partial charge in [0.1, 0.15) is 5.82 Å². The molecule has 0 spiro atoms. The first kappa shape index (κ1) is 19.5. The molecule has 3 rings (SSSR count). The average Bonchev–Trinajstić information content (AvgIpc) is 2.67. The van der Waals surface area contributed by atoms with E-state index < -0.39 is 0 Å². The number of benzene rings is 2. The molecule has 0 aliphatic rings. The lowest BCUT2D eigenvalue weighted by Crippen LogP contribution is -2.26. The van der Waals surface area contributed by atoms with Crippen molar-refractivity contribution in [2.45, 2.75) is 26.3 Å². The molecule has 6 nitrogen and oxygen atoms in total. The van der Waals surface area contributed by atoms with Gasteiger partial charge in [-0.3, -0.25) is 0 Å². The zero-order valence-electron chi connectivity index (χ0n) is 16.9. The summed E-state index contributed by atoms with van der Waals surface area (Å²) >= 11 is 0. The molecule has 146 valence electrons. The molecule has 0 saturated heterocycles. The third-order valence-corrected chi connectivity index (χ3v) is 3.94. The largest absolute Gasteiger partial charge is 0.493 e. The number of hydrogen-bond acceptors (Lipinski definition) is 6. The fraction of sp³-hybridized carbons (Fsp3) is 0.273. The summed E-state index contributed by atoms with van der Waals surface area (Å²) in [6.45, 7) is 6.29. The molecule has 0 aliphatic carbocycles. The van der Waals surface area contributed by atoms with E-state index in [1.54, 1.807) is 14.2 Å². The van der Waals surface area contributed by atoms with E-state index in [-0.39, 0.29) is 5.54 Å². The van der Waals surface area contributed by atoms with Gasteiger partial charge in [-0.1, -0.05) is 30.3 Å². The lowest BCUT2D eigenvalue weighted by atomic mass is 10.1. The first-order valence-corrected chi connectivity index (χ1v) is 9.10. The number of methoxy groups -OCH3 is 2. The van der Waals surface area contributed by atoms with Gasteiger partial charge in [0, 0.05) is 28.9 Å². The van der Waals surface area contributed by atoms with Crippen LogP contribution < -0.4 is 20.1 Å². The highest BCUT2D eigenvalue weighted by Gasteiger charge is 2.14. The maximum atomic E-state index is 5.38. The van der Waals surface area contributed by atoms with Gasteiger partial charge in [-0.25, -0.2) is 4.98 Å². The first-order valence-electron chi connectivity index (χ1n) is 9.10. The fourth-order valence-corrected chi connectivity index (χ4v) is 2.75. The standard InChI is InChI=1S/C22H26N4O2/c1-22(2,3)26-20-14-17(15-9-7-6-8-10-15)24-21(25-20)23-16-11-12-18(27-4)19(13-16)28-5/h6-14H,1-5H3,(H2,23,24,25,26). The smallest absolute Gasteiger partial charge is 0.229 e. The molecule has 1 heterocycles. The molecule has 2 N–H and O–H groups in total. The lowest BCUT2D eigenvalue weighted by molar-refractivity contribution is 0.355. The lowest BCUT2D eigenvalue weighted by Gasteiger charge is -2.22. The van der Waals surface area contributed by atoms with Gasteiger partial charge in [0.05, 0.1) is 19.9 Å².